The van der Waals surface area contributed by atoms with E-state index in [1.807, 2.05) is 0 Å². The molecule has 0 fully saturated rings. The molecule has 57 valence electrons. The van der Waals surface area contributed by atoms with Crippen molar-refractivity contribution in [1.29, 1.82) is 0 Å². The van der Waals surface area contributed by atoms with Crippen molar-refractivity contribution >= 4 is 0 Å². The minimum absolute atomic E-state index is 0. The maximum atomic E-state index is 10.2. The third-order valence-corrected chi connectivity index (χ3v) is 0.681. The van der Waals surface area contributed by atoms with E-state index in [9.17, 15) is 4.79 Å². The zero-order valence-electron chi connectivity index (χ0n) is 4.34. The van der Waals surface area contributed by atoms with E-state index < -0.39 is 0 Å². The van der Waals surface area contributed by atoms with Gasteiger partial charge in [-0.05, 0) is 6.07 Å². The van der Waals surface area contributed by atoms with E-state index in [4.69, 9.17) is 0 Å². The normalized spacial score (nSPS) is 6.67. The number of aromatic nitrogens is 1. The summed E-state index contributed by atoms with van der Waals surface area (Å²) in [4.78, 5) is 12.7. The minimum Gasteiger partial charge on any atom is -0.329 e. The molecule has 0 atom stereocenters. The molecular weight excluding hydrogens is 260 g/mol. The van der Waals surface area contributed by atoms with Gasteiger partial charge in [0, 0.05) is 49.8 Å². The van der Waals surface area contributed by atoms with Crippen molar-refractivity contribution in [2.24, 2.45) is 0 Å². The Morgan fingerprint density at radius 2 is 2.00 bits per heavy atom. The first kappa shape index (κ1) is 11.9. The molecule has 1 aromatic rings. The van der Waals surface area contributed by atoms with E-state index in [-0.39, 0.29) is 43.1 Å². The Kier molecular flexibility index (Phi) is 8.25. The SMILES string of the molecule is O=c1cccc[nH]1.[Cu].[Pd]. The Bertz CT molecular complexity index is 183. The second kappa shape index (κ2) is 6.25. The van der Waals surface area contributed by atoms with Gasteiger partial charge in [0.2, 0.25) is 5.56 Å². The molecule has 1 heterocycles. The van der Waals surface area contributed by atoms with Gasteiger partial charge in [0.25, 0.3) is 0 Å². The topological polar surface area (TPSA) is 32.9 Å². The van der Waals surface area contributed by atoms with E-state index in [1.165, 1.54) is 6.07 Å². The van der Waals surface area contributed by atoms with Crippen molar-refractivity contribution in [3.05, 3.63) is 34.7 Å². The van der Waals surface area contributed by atoms with Crippen molar-refractivity contribution in [2.75, 3.05) is 0 Å². The molecule has 0 amide bonds. The van der Waals surface area contributed by atoms with Gasteiger partial charge in [0.1, 0.15) is 0 Å². The smallest absolute Gasteiger partial charge is 0.247 e. The molecular formula is C5H5CuNOPd. The molecule has 1 radical (unpaired) electrons. The molecule has 4 heteroatoms. The molecule has 9 heavy (non-hydrogen) atoms. The van der Waals surface area contributed by atoms with Crippen LogP contribution in [0.4, 0.5) is 0 Å². The van der Waals surface area contributed by atoms with E-state index in [1.54, 1.807) is 18.3 Å². The quantitative estimate of drug-likeness (QED) is 0.675. The zero-order chi connectivity index (χ0) is 5.11. The molecule has 0 aromatic carbocycles. The van der Waals surface area contributed by atoms with Gasteiger partial charge in [-0.2, -0.15) is 0 Å². The van der Waals surface area contributed by atoms with Crippen LogP contribution >= 0.6 is 0 Å². The largest absolute Gasteiger partial charge is 0.329 e. The van der Waals surface area contributed by atoms with Gasteiger partial charge in [0.15, 0.2) is 0 Å². The van der Waals surface area contributed by atoms with Crippen LogP contribution in [0.3, 0.4) is 0 Å². The van der Waals surface area contributed by atoms with Gasteiger partial charge >= 0.3 is 0 Å². The maximum absolute atomic E-state index is 10.2. The van der Waals surface area contributed by atoms with Gasteiger partial charge in [0.05, 0.1) is 0 Å². The van der Waals surface area contributed by atoms with Crippen molar-refractivity contribution in [2.45, 2.75) is 0 Å². The van der Waals surface area contributed by atoms with Crippen LogP contribution in [-0.2, 0) is 37.5 Å². The first-order valence-corrected chi connectivity index (χ1v) is 2.03. The predicted octanol–water partition coefficient (Wildman–Crippen LogP) is 0.370. The Labute approximate surface area is 77.2 Å². The molecule has 0 unspecified atom stereocenters. The Balaban J connectivity index is 0. The van der Waals surface area contributed by atoms with Crippen LogP contribution in [0.15, 0.2) is 29.2 Å². The summed E-state index contributed by atoms with van der Waals surface area (Å²) >= 11 is 0. The first-order chi connectivity index (χ1) is 3.39. The van der Waals surface area contributed by atoms with Crippen LogP contribution in [0.25, 0.3) is 0 Å². The van der Waals surface area contributed by atoms with Gasteiger partial charge in [-0.25, -0.2) is 0 Å². The van der Waals surface area contributed by atoms with Gasteiger partial charge < -0.3 is 4.98 Å². The van der Waals surface area contributed by atoms with Crippen LogP contribution in [0, 0.1) is 0 Å². The first-order valence-electron chi connectivity index (χ1n) is 2.03. The molecule has 1 rings (SSSR count). The monoisotopic (exact) mass is 264 g/mol. The third kappa shape index (κ3) is 4.62. The summed E-state index contributed by atoms with van der Waals surface area (Å²) in [6, 6.07) is 4.93. The van der Waals surface area contributed by atoms with Crippen LogP contribution in [-0.4, -0.2) is 4.98 Å². The average molecular weight is 265 g/mol. The fourth-order valence-corrected chi connectivity index (χ4v) is 0.377. The van der Waals surface area contributed by atoms with Crippen LogP contribution in [0.2, 0.25) is 0 Å². The van der Waals surface area contributed by atoms with E-state index in [2.05, 4.69) is 4.98 Å². The summed E-state index contributed by atoms with van der Waals surface area (Å²) in [5.41, 5.74) is -0.0532. The van der Waals surface area contributed by atoms with Gasteiger partial charge in [-0.3, -0.25) is 4.79 Å². The second-order valence-corrected chi connectivity index (χ2v) is 1.23. The number of hydrogen-bond donors (Lipinski definition) is 1. The number of rotatable bonds is 0. The molecule has 0 spiro atoms. The van der Waals surface area contributed by atoms with Gasteiger partial charge in [-0.15, -0.1) is 0 Å². The number of H-pyrrole nitrogens is 1. The molecule has 1 N–H and O–H groups in total. The predicted molar refractivity (Wildman–Crippen MR) is 27.1 cm³/mol. The Hall–Kier alpha value is 0.132. The molecule has 0 aliphatic rings. The van der Waals surface area contributed by atoms with Crippen molar-refractivity contribution in [3.63, 3.8) is 0 Å². The van der Waals surface area contributed by atoms with Crippen molar-refractivity contribution < 1.29 is 37.5 Å². The number of pyridine rings is 1. The summed E-state index contributed by atoms with van der Waals surface area (Å²) in [7, 11) is 0. The van der Waals surface area contributed by atoms with Gasteiger partial charge in [-0.1, -0.05) is 6.07 Å². The molecule has 2 nitrogen and oxygen atoms in total. The Morgan fingerprint density at radius 1 is 1.33 bits per heavy atom. The van der Waals surface area contributed by atoms with Crippen LogP contribution in [0.5, 0.6) is 0 Å². The van der Waals surface area contributed by atoms with Crippen molar-refractivity contribution in [1.82, 2.24) is 4.98 Å². The van der Waals surface area contributed by atoms with E-state index in [0.29, 0.717) is 0 Å². The number of nitrogens with one attached hydrogen (secondary N) is 1. The van der Waals surface area contributed by atoms with Crippen molar-refractivity contribution in [3.8, 4) is 0 Å². The summed E-state index contributed by atoms with van der Waals surface area (Å²) in [6.07, 6.45) is 1.60. The van der Waals surface area contributed by atoms with Crippen LogP contribution < -0.4 is 5.56 Å². The zero-order valence-corrected chi connectivity index (χ0v) is 6.83. The fraction of sp³-hybridized carbons (Fsp3) is 0. The molecule has 0 bridgehead atoms. The number of aromatic amines is 1. The molecule has 0 aliphatic carbocycles. The average Bonchev–Trinajstić information content (AvgIpc) is 1.69. The molecule has 0 saturated heterocycles. The van der Waals surface area contributed by atoms with E-state index in [0.717, 1.165) is 0 Å². The summed E-state index contributed by atoms with van der Waals surface area (Å²) in [5.74, 6) is 0. The second-order valence-electron chi connectivity index (χ2n) is 1.23. The minimum atomic E-state index is -0.0532. The van der Waals surface area contributed by atoms with E-state index >= 15 is 0 Å². The third-order valence-electron chi connectivity index (χ3n) is 0.681. The summed E-state index contributed by atoms with van der Waals surface area (Å²) in [6.45, 7) is 0. The summed E-state index contributed by atoms with van der Waals surface area (Å²) in [5, 5.41) is 0. The molecule has 1 aromatic heterocycles. The molecule has 0 aliphatic heterocycles. The van der Waals surface area contributed by atoms with Crippen LogP contribution in [0.1, 0.15) is 0 Å². The maximum Gasteiger partial charge on any atom is 0.247 e. The standard InChI is InChI=1S/C5H5NO.Cu.Pd/c7-5-3-1-2-4-6-5;;/h1-4H,(H,6,7);;. The Morgan fingerprint density at radius 3 is 2.22 bits per heavy atom. The fourth-order valence-electron chi connectivity index (χ4n) is 0.377. The number of hydrogen-bond acceptors (Lipinski definition) is 1. The molecule has 0 saturated carbocycles. The summed E-state index contributed by atoms with van der Waals surface area (Å²) < 4.78 is 0.